The van der Waals surface area contributed by atoms with Gasteiger partial charge in [-0.15, -0.1) is 0 Å². The SMILES string of the molecule is Cc1cccc(C)c1COC(=O)c1cc(F)ccc1N. The van der Waals surface area contributed by atoms with Crippen LogP contribution in [0.2, 0.25) is 0 Å². The van der Waals surface area contributed by atoms with Crippen molar-refractivity contribution in [3.8, 4) is 0 Å². The first-order chi connectivity index (χ1) is 9.49. The Kier molecular flexibility index (Phi) is 4.03. The van der Waals surface area contributed by atoms with Gasteiger partial charge in [0.2, 0.25) is 0 Å². The molecule has 2 aromatic carbocycles. The van der Waals surface area contributed by atoms with Gasteiger partial charge in [0.05, 0.1) is 5.56 Å². The van der Waals surface area contributed by atoms with Crippen molar-refractivity contribution in [2.24, 2.45) is 0 Å². The van der Waals surface area contributed by atoms with Gasteiger partial charge in [-0.2, -0.15) is 0 Å². The first-order valence-corrected chi connectivity index (χ1v) is 6.26. The summed E-state index contributed by atoms with van der Waals surface area (Å²) >= 11 is 0. The second-order valence-corrected chi connectivity index (χ2v) is 4.68. The van der Waals surface area contributed by atoms with E-state index in [0.29, 0.717) is 0 Å². The molecule has 0 fully saturated rings. The minimum atomic E-state index is -0.621. The molecular weight excluding hydrogens is 257 g/mol. The van der Waals surface area contributed by atoms with E-state index >= 15 is 0 Å². The van der Waals surface area contributed by atoms with Gasteiger partial charge in [-0.3, -0.25) is 0 Å². The Labute approximate surface area is 117 Å². The molecule has 0 amide bonds. The molecule has 0 aliphatic rings. The predicted molar refractivity (Wildman–Crippen MR) is 75.8 cm³/mol. The van der Waals surface area contributed by atoms with E-state index in [9.17, 15) is 9.18 Å². The fourth-order valence-corrected chi connectivity index (χ4v) is 2.00. The van der Waals surface area contributed by atoms with Gasteiger partial charge < -0.3 is 10.5 Å². The number of anilines is 1. The second kappa shape index (κ2) is 5.74. The number of aryl methyl sites for hydroxylation is 2. The molecule has 0 aromatic heterocycles. The number of benzene rings is 2. The molecule has 3 nitrogen and oxygen atoms in total. The standard InChI is InChI=1S/C16H16FNO2/c1-10-4-3-5-11(2)14(10)9-20-16(19)13-8-12(17)6-7-15(13)18/h3-8H,9,18H2,1-2H3. The van der Waals surface area contributed by atoms with Gasteiger partial charge in [0, 0.05) is 5.69 Å². The van der Waals surface area contributed by atoms with Crippen molar-refractivity contribution >= 4 is 11.7 Å². The number of carbonyl (C=O) groups excluding carboxylic acids is 1. The Balaban J connectivity index is 2.15. The summed E-state index contributed by atoms with van der Waals surface area (Å²) in [6.45, 7) is 4.05. The molecule has 20 heavy (non-hydrogen) atoms. The molecule has 0 unspecified atom stereocenters. The Bertz CT molecular complexity index is 633. The smallest absolute Gasteiger partial charge is 0.340 e. The summed E-state index contributed by atoms with van der Waals surface area (Å²) in [6.07, 6.45) is 0. The van der Waals surface area contributed by atoms with Crippen molar-refractivity contribution < 1.29 is 13.9 Å². The molecule has 2 N–H and O–H groups in total. The zero-order valence-electron chi connectivity index (χ0n) is 11.4. The minimum absolute atomic E-state index is 0.0521. The van der Waals surface area contributed by atoms with Gasteiger partial charge in [0.15, 0.2) is 0 Å². The molecule has 0 spiro atoms. The highest BCUT2D eigenvalue weighted by molar-refractivity contribution is 5.95. The van der Waals surface area contributed by atoms with E-state index in [0.717, 1.165) is 22.8 Å². The topological polar surface area (TPSA) is 52.3 Å². The third-order valence-electron chi connectivity index (χ3n) is 3.23. The van der Waals surface area contributed by atoms with Crippen LogP contribution in [0.4, 0.5) is 10.1 Å². The van der Waals surface area contributed by atoms with Crippen LogP contribution in [-0.2, 0) is 11.3 Å². The number of hydrogen-bond acceptors (Lipinski definition) is 3. The van der Waals surface area contributed by atoms with Crippen LogP contribution in [-0.4, -0.2) is 5.97 Å². The monoisotopic (exact) mass is 273 g/mol. The van der Waals surface area contributed by atoms with E-state index < -0.39 is 11.8 Å². The lowest BCUT2D eigenvalue weighted by Gasteiger charge is -2.11. The van der Waals surface area contributed by atoms with Gasteiger partial charge in [-0.05, 0) is 48.7 Å². The fraction of sp³-hybridized carbons (Fsp3) is 0.188. The van der Waals surface area contributed by atoms with Crippen molar-refractivity contribution in [1.82, 2.24) is 0 Å². The van der Waals surface area contributed by atoms with Crippen LogP contribution in [0.5, 0.6) is 0 Å². The number of rotatable bonds is 3. The average molecular weight is 273 g/mol. The second-order valence-electron chi connectivity index (χ2n) is 4.68. The Morgan fingerprint density at radius 1 is 1.20 bits per heavy atom. The lowest BCUT2D eigenvalue weighted by Crippen LogP contribution is -2.10. The van der Waals surface area contributed by atoms with E-state index in [1.54, 1.807) is 0 Å². The summed E-state index contributed by atoms with van der Waals surface area (Å²) in [7, 11) is 0. The Morgan fingerprint density at radius 3 is 2.50 bits per heavy atom. The van der Waals surface area contributed by atoms with Crippen molar-refractivity contribution in [3.63, 3.8) is 0 Å². The molecule has 2 aromatic rings. The Hall–Kier alpha value is -2.36. The maximum atomic E-state index is 13.1. The zero-order valence-corrected chi connectivity index (χ0v) is 11.4. The predicted octanol–water partition coefficient (Wildman–Crippen LogP) is 3.38. The molecular formula is C16H16FNO2. The van der Waals surface area contributed by atoms with Gasteiger partial charge >= 0.3 is 5.97 Å². The quantitative estimate of drug-likeness (QED) is 0.689. The molecule has 2 rings (SSSR count). The summed E-state index contributed by atoms with van der Waals surface area (Å²) in [5.41, 5.74) is 8.96. The lowest BCUT2D eigenvalue weighted by molar-refractivity contribution is 0.0472. The minimum Gasteiger partial charge on any atom is -0.457 e. The molecule has 4 heteroatoms. The van der Waals surface area contributed by atoms with E-state index in [2.05, 4.69) is 0 Å². The van der Waals surface area contributed by atoms with E-state index in [1.165, 1.54) is 12.1 Å². The lowest BCUT2D eigenvalue weighted by atomic mass is 10.0. The first kappa shape index (κ1) is 14.1. The molecule has 0 bridgehead atoms. The van der Waals surface area contributed by atoms with Gasteiger partial charge in [0.1, 0.15) is 12.4 Å². The number of ether oxygens (including phenoxy) is 1. The summed E-state index contributed by atoms with van der Waals surface area (Å²) in [6, 6.07) is 9.49. The van der Waals surface area contributed by atoms with Crippen LogP contribution in [0, 0.1) is 19.7 Å². The number of nitrogens with two attached hydrogens (primary N) is 1. The van der Waals surface area contributed by atoms with Crippen molar-refractivity contribution in [2.75, 3.05) is 5.73 Å². The number of halogens is 1. The average Bonchev–Trinajstić information content (AvgIpc) is 2.40. The summed E-state index contributed by atoms with van der Waals surface area (Å²) in [4.78, 5) is 11.9. The highest BCUT2D eigenvalue weighted by Gasteiger charge is 2.13. The molecule has 0 radical (unpaired) electrons. The van der Waals surface area contributed by atoms with Crippen LogP contribution in [0.15, 0.2) is 36.4 Å². The maximum Gasteiger partial charge on any atom is 0.340 e. The van der Waals surface area contributed by atoms with Crippen LogP contribution < -0.4 is 5.73 Å². The molecule has 0 aliphatic carbocycles. The van der Waals surface area contributed by atoms with Crippen LogP contribution >= 0.6 is 0 Å². The molecule has 0 aliphatic heterocycles. The van der Waals surface area contributed by atoms with Crippen molar-refractivity contribution in [2.45, 2.75) is 20.5 Å². The van der Waals surface area contributed by atoms with Gasteiger partial charge in [-0.25, -0.2) is 9.18 Å². The molecule has 0 heterocycles. The van der Waals surface area contributed by atoms with Crippen LogP contribution in [0.25, 0.3) is 0 Å². The van der Waals surface area contributed by atoms with Crippen LogP contribution in [0.3, 0.4) is 0 Å². The first-order valence-electron chi connectivity index (χ1n) is 6.26. The van der Waals surface area contributed by atoms with Gasteiger partial charge in [0.25, 0.3) is 0 Å². The van der Waals surface area contributed by atoms with Crippen molar-refractivity contribution in [3.05, 3.63) is 64.5 Å². The van der Waals surface area contributed by atoms with E-state index in [4.69, 9.17) is 10.5 Å². The van der Waals surface area contributed by atoms with Crippen molar-refractivity contribution in [1.29, 1.82) is 0 Å². The summed E-state index contributed by atoms with van der Waals surface area (Å²) in [5.74, 6) is -1.14. The number of nitrogen functional groups attached to an aromatic ring is 1. The summed E-state index contributed by atoms with van der Waals surface area (Å²) < 4.78 is 18.4. The highest BCUT2D eigenvalue weighted by Crippen LogP contribution is 2.18. The zero-order chi connectivity index (χ0) is 14.7. The molecule has 0 saturated carbocycles. The highest BCUT2D eigenvalue weighted by atomic mass is 19.1. The molecule has 0 saturated heterocycles. The van der Waals surface area contributed by atoms with Gasteiger partial charge in [-0.1, -0.05) is 18.2 Å². The molecule has 104 valence electrons. The van der Waals surface area contributed by atoms with E-state index in [-0.39, 0.29) is 17.9 Å². The maximum absolute atomic E-state index is 13.1. The van der Waals surface area contributed by atoms with Crippen LogP contribution in [0.1, 0.15) is 27.0 Å². The third-order valence-corrected chi connectivity index (χ3v) is 3.23. The summed E-state index contributed by atoms with van der Waals surface area (Å²) in [5, 5.41) is 0. The normalized spacial score (nSPS) is 10.3. The molecule has 0 atom stereocenters. The Morgan fingerprint density at radius 2 is 1.85 bits per heavy atom. The number of carbonyl (C=O) groups is 1. The largest absolute Gasteiger partial charge is 0.457 e. The fourth-order valence-electron chi connectivity index (χ4n) is 2.00. The number of esters is 1. The van der Waals surface area contributed by atoms with E-state index in [1.807, 2.05) is 32.0 Å². The third kappa shape index (κ3) is 2.96. The number of hydrogen-bond donors (Lipinski definition) is 1.